The summed E-state index contributed by atoms with van der Waals surface area (Å²) in [6.07, 6.45) is -3.33. The molecule has 0 bridgehead atoms. The molecule has 2 aromatic rings. The fourth-order valence-electron chi connectivity index (χ4n) is 4.35. The Morgan fingerprint density at radius 2 is 2.03 bits per heavy atom. The first kappa shape index (κ1) is 22.3. The lowest BCUT2D eigenvalue weighted by Gasteiger charge is -2.33. The van der Waals surface area contributed by atoms with Gasteiger partial charge in [-0.2, -0.15) is 18.4 Å². The normalized spacial score (nSPS) is 22.8. The predicted octanol–water partition coefficient (Wildman–Crippen LogP) is 3.59. The van der Waals surface area contributed by atoms with Gasteiger partial charge in [0.2, 0.25) is 5.91 Å². The smallest absolute Gasteiger partial charge is 0.382 e. The van der Waals surface area contributed by atoms with Gasteiger partial charge >= 0.3 is 6.18 Å². The zero-order chi connectivity index (χ0) is 22.9. The molecule has 32 heavy (non-hydrogen) atoms. The first-order valence-corrected chi connectivity index (χ1v) is 10.5. The zero-order valence-corrected chi connectivity index (χ0v) is 17.3. The van der Waals surface area contributed by atoms with Crippen molar-refractivity contribution >= 4 is 22.5 Å². The molecule has 4 rings (SSSR count). The Morgan fingerprint density at radius 1 is 1.28 bits per heavy atom. The molecule has 1 N–H and O–H groups in total. The molecule has 0 aliphatic carbocycles. The minimum Gasteiger partial charge on any atom is -0.382 e. The number of piperidine rings is 1. The van der Waals surface area contributed by atoms with Gasteiger partial charge in [-0.05, 0) is 31.0 Å². The molecule has 2 atom stereocenters. The molecular formula is C22H23F4N5O. The summed E-state index contributed by atoms with van der Waals surface area (Å²) in [6, 6.07) is 7.58. The summed E-state index contributed by atoms with van der Waals surface area (Å²) in [4.78, 5) is 19.7. The van der Waals surface area contributed by atoms with Gasteiger partial charge in [0, 0.05) is 42.8 Å². The van der Waals surface area contributed by atoms with E-state index in [0.717, 1.165) is 12.3 Å². The van der Waals surface area contributed by atoms with Crippen molar-refractivity contribution in [2.24, 2.45) is 0 Å². The largest absolute Gasteiger partial charge is 0.417 e. The van der Waals surface area contributed by atoms with E-state index in [1.165, 1.54) is 4.90 Å². The first-order valence-electron chi connectivity index (χ1n) is 10.5. The highest BCUT2D eigenvalue weighted by Gasteiger charge is 2.36. The van der Waals surface area contributed by atoms with Gasteiger partial charge in [-0.25, -0.2) is 4.39 Å². The van der Waals surface area contributed by atoms with Crippen LogP contribution >= 0.6 is 0 Å². The SMILES string of the molecule is N#C[C@@H]1C[C@H](F)CN1C(=O)CN1CCC(Nc2cccc3ncc(C(F)(F)F)cc23)CC1. The summed E-state index contributed by atoms with van der Waals surface area (Å²) < 4.78 is 52.9. The van der Waals surface area contributed by atoms with Crippen molar-refractivity contribution in [2.45, 2.75) is 43.7 Å². The number of amides is 1. The average molecular weight is 449 g/mol. The molecule has 2 fully saturated rings. The number of halogens is 4. The van der Waals surface area contributed by atoms with Crippen molar-refractivity contribution in [3.8, 4) is 6.07 Å². The van der Waals surface area contributed by atoms with Gasteiger partial charge in [0.25, 0.3) is 0 Å². The maximum absolute atomic E-state index is 13.6. The first-order chi connectivity index (χ1) is 15.2. The number of carbonyl (C=O) groups excluding carboxylic acids is 1. The highest BCUT2D eigenvalue weighted by molar-refractivity contribution is 5.91. The molecule has 2 aliphatic heterocycles. The van der Waals surface area contributed by atoms with Crippen molar-refractivity contribution in [3.63, 3.8) is 0 Å². The molecule has 0 unspecified atom stereocenters. The molecule has 0 saturated carbocycles. The Morgan fingerprint density at radius 3 is 2.72 bits per heavy atom. The molecule has 1 amide bonds. The maximum Gasteiger partial charge on any atom is 0.417 e. The van der Waals surface area contributed by atoms with Crippen LogP contribution in [-0.2, 0) is 11.0 Å². The van der Waals surface area contributed by atoms with Crippen LogP contribution < -0.4 is 5.32 Å². The van der Waals surface area contributed by atoms with Crippen LogP contribution in [0.5, 0.6) is 0 Å². The van der Waals surface area contributed by atoms with E-state index in [2.05, 4.69) is 10.3 Å². The number of alkyl halides is 4. The summed E-state index contributed by atoms with van der Waals surface area (Å²) in [6.45, 7) is 1.32. The number of anilines is 1. The Balaban J connectivity index is 1.37. The quantitative estimate of drug-likeness (QED) is 0.723. The van der Waals surface area contributed by atoms with E-state index < -0.39 is 24.0 Å². The third kappa shape index (κ3) is 4.78. The summed E-state index contributed by atoms with van der Waals surface area (Å²) in [5.41, 5.74) is 0.286. The van der Waals surface area contributed by atoms with Crippen molar-refractivity contribution in [2.75, 3.05) is 31.5 Å². The van der Waals surface area contributed by atoms with E-state index in [9.17, 15) is 22.4 Å². The lowest BCUT2D eigenvalue weighted by molar-refractivity contribution is -0.137. The Hall–Kier alpha value is -2.93. The Labute approximate surface area is 182 Å². The molecule has 1 aromatic heterocycles. The van der Waals surface area contributed by atoms with Gasteiger partial charge in [-0.3, -0.25) is 14.7 Å². The number of nitriles is 1. The van der Waals surface area contributed by atoms with Crippen LogP contribution in [0.2, 0.25) is 0 Å². The van der Waals surface area contributed by atoms with E-state index in [-0.39, 0.29) is 31.5 Å². The number of hydrogen-bond donors (Lipinski definition) is 1. The Kier molecular flexibility index (Phi) is 6.20. The van der Waals surface area contributed by atoms with Crippen LogP contribution in [0.25, 0.3) is 10.9 Å². The van der Waals surface area contributed by atoms with Crippen molar-refractivity contribution in [1.29, 1.82) is 5.26 Å². The summed E-state index contributed by atoms with van der Waals surface area (Å²) in [5, 5.41) is 12.9. The number of fused-ring (bicyclic) bond motifs is 1. The van der Waals surface area contributed by atoms with Crippen LogP contribution in [0.4, 0.5) is 23.2 Å². The minimum atomic E-state index is -4.46. The van der Waals surface area contributed by atoms with Gasteiger partial charge in [0.15, 0.2) is 0 Å². The third-order valence-corrected chi connectivity index (χ3v) is 6.08. The molecule has 10 heteroatoms. The van der Waals surface area contributed by atoms with E-state index in [0.29, 0.717) is 42.5 Å². The number of hydrogen-bond acceptors (Lipinski definition) is 5. The Bertz CT molecular complexity index is 1030. The molecule has 0 radical (unpaired) electrons. The molecule has 2 saturated heterocycles. The highest BCUT2D eigenvalue weighted by Crippen LogP contribution is 2.33. The molecule has 170 valence electrons. The van der Waals surface area contributed by atoms with Crippen molar-refractivity contribution in [1.82, 2.24) is 14.8 Å². The van der Waals surface area contributed by atoms with E-state index >= 15 is 0 Å². The molecule has 2 aliphatic rings. The fraction of sp³-hybridized carbons (Fsp3) is 0.500. The standard InChI is InChI=1S/C22H23F4N5O/c23-15-9-17(10-27)31(12-15)21(32)13-30-6-4-16(5-7-30)29-20-3-1-2-19-18(20)8-14(11-28-19)22(24,25)26/h1-3,8,11,15-17,29H,4-7,9,12-13H2/t15-,17-/m0/s1. The number of carbonyl (C=O) groups is 1. The second-order valence-corrected chi connectivity index (χ2v) is 8.31. The van der Waals surface area contributed by atoms with Crippen LogP contribution in [0.3, 0.4) is 0 Å². The number of nitrogens with one attached hydrogen (secondary N) is 1. The minimum absolute atomic E-state index is 0.0374. The van der Waals surface area contributed by atoms with Crippen LogP contribution in [0.1, 0.15) is 24.8 Å². The number of aromatic nitrogens is 1. The zero-order valence-electron chi connectivity index (χ0n) is 17.3. The summed E-state index contributed by atoms with van der Waals surface area (Å²) in [7, 11) is 0. The van der Waals surface area contributed by atoms with Gasteiger partial charge in [-0.15, -0.1) is 0 Å². The second kappa shape index (κ2) is 8.90. The van der Waals surface area contributed by atoms with Crippen LogP contribution in [0, 0.1) is 11.3 Å². The molecule has 1 aromatic carbocycles. The lowest BCUT2D eigenvalue weighted by atomic mass is 10.0. The van der Waals surface area contributed by atoms with Crippen molar-refractivity contribution < 1.29 is 22.4 Å². The number of rotatable bonds is 4. The number of benzene rings is 1. The van der Waals surface area contributed by atoms with Gasteiger partial charge in [0.05, 0.1) is 30.2 Å². The maximum atomic E-state index is 13.6. The third-order valence-electron chi connectivity index (χ3n) is 6.08. The topological polar surface area (TPSA) is 72.3 Å². The molecular weight excluding hydrogens is 426 g/mol. The van der Waals surface area contributed by atoms with E-state index in [1.807, 2.05) is 11.0 Å². The molecule has 6 nitrogen and oxygen atoms in total. The van der Waals surface area contributed by atoms with E-state index in [1.54, 1.807) is 18.2 Å². The van der Waals surface area contributed by atoms with Gasteiger partial charge in [-0.1, -0.05) is 6.07 Å². The highest BCUT2D eigenvalue weighted by atomic mass is 19.4. The average Bonchev–Trinajstić information content (AvgIpc) is 3.15. The second-order valence-electron chi connectivity index (χ2n) is 8.31. The fourth-order valence-corrected chi connectivity index (χ4v) is 4.35. The van der Waals surface area contributed by atoms with Crippen LogP contribution in [0.15, 0.2) is 30.5 Å². The monoisotopic (exact) mass is 449 g/mol. The van der Waals surface area contributed by atoms with E-state index in [4.69, 9.17) is 5.26 Å². The van der Waals surface area contributed by atoms with Crippen molar-refractivity contribution in [3.05, 3.63) is 36.0 Å². The number of nitrogens with zero attached hydrogens (tertiary/aromatic N) is 4. The molecule has 0 spiro atoms. The molecule has 3 heterocycles. The van der Waals surface area contributed by atoms with Gasteiger partial charge in [0.1, 0.15) is 12.2 Å². The predicted molar refractivity (Wildman–Crippen MR) is 110 cm³/mol. The number of likely N-dealkylation sites (tertiary alicyclic amines) is 2. The number of pyridine rings is 1. The summed E-state index contributed by atoms with van der Waals surface area (Å²) >= 11 is 0. The summed E-state index contributed by atoms with van der Waals surface area (Å²) in [5.74, 6) is -0.247. The van der Waals surface area contributed by atoms with Crippen LogP contribution in [-0.4, -0.2) is 65.1 Å². The lowest BCUT2D eigenvalue weighted by Crippen LogP contribution is -2.46. The van der Waals surface area contributed by atoms with Gasteiger partial charge < -0.3 is 10.2 Å².